The lowest BCUT2D eigenvalue weighted by atomic mass is 10.2. The zero-order chi connectivity index (χ0) is 12.3. The third kappa shape index (κ3) is 2.74. The second-order valence-electron chi connectivity index (χ2n) is 4.19. The van der Waals surface area contributed by atoms with E-state index < -0.39 is 0 Å². The van der Waals surface area contributed by atoms with Crippen molar-refractivity contribution < 1.29 is 0 Å². The molecule has 0 bridgehead atoms. The average molecular weight is 233 g/mol. The highest BCUT2D eigenvalue weighted by molar-refractivity contribution is 5.11. The van der Waals surface area contributed by atoms with Crippen LogP contribution in [0.4, 0.5) is 0 Å². The third-order valence-corrected chi connectivity index (χ3v) is 2.94. The Morgan fingerprint density at radius 2 is 2.00 bits per heavy atom. The molecule has 1 N–H and O–H groups in total. The van der Waals surface area contributed by atoms with Crippen molar-refractivity contribution >= 4 is 0 Å². The highest BCUT2D eigenvalue weighted by Gasteiger charge is 2.06. The summed E-state index contributed by atoms with van der Waals surface area (Å²) >= 11 is 0. The van der Waals surface area contributed by atoms with E-state index in [-0.39, 0.29) is 0 Å². The third-order valence-electron chi connectivity index (χ3n) is 2.94. The number of aryl methyl sites for hydroxylation is 1. The van der Waals surface area contributed by atoms with Crippen LogP contribution in [0.15, 0.2) is 24.8 Å². The molecule has 0 aliphatic rings. The summed E-state index contributed by atoms with van der Waals surface area (Å²) in [5.74, 6) is 0. The summed E-state index contributed by atoms with van der Waals surface area (Å²) in [5.41, 5.74) is 2.38. The fourth-order valence-electron chi connectivity index (χ4n) is 1.70. The van der Waals surface area contributed by atoms with Crippen molar-refractivity contribution in [1.82, 2.24) is 24.9 Å². The molecule has 2 aromatic heterocycles. The lowest BCUT2D eigenvalue weighted by Gasteiger charge is -2.05. The van der Waals surface area contributed by atoms with E-state index >= 15 is 0 Å². The van der Waals surface area contributed by atoms with E-state index in [1.165, 1.54) is 11.1 Å². The molecule has 5 nitrogen and oxygen atoms in total. The van der Waals surface area contributed by atoms with Crippen LogP contribution in [0.5, 0.6) is 0 Å². The number of nitrogens with zero attached hydrogens (tertiary/aromatic N) is 4. The molecule has 2 heterocycles. The Balaban J connectivity index is 2.06. The standard InChI is InChI=1S/C12H19N5/c1-4-16-7-11(5-14-16)8-17-9-12(6-15-17)10(2)13-3/h5-7,9-10,13H,4,8H2,1-3H3. The molecule has 0 spiro atoms. The van der Waals surface area contributed by atoms with Crippen LogP contribution in [0.3, 0.4) is 0 Å². The fourth-order valence-corrected chi connectivity index (χ4v) is 1.70. The SMILES string of the molecule is CCn1cc(Cn2cc(C(C)NC)cn2)cn1. The van der Waals surface area contributed by atoms with Crippen molar-refractivity contribution in [3.05, 3.63) is 35.9 Å². The van der Waals surface area contributed by atoms with Crippen LogP contribution in [0.25, 0.3) is 0 Å². The Morgan fingerprint density at radius 1 is 1.24 bits per heavy atom. The predicted octanol–water partition coefficient (Wildman–Crippen LogP) is 1.43. The molecule has 2 aromatic rings. The summed E-state index contributed by atoms with van der Waals surface area (Å²) in [6.45, 7) is 5.88. The Hall–Kier alpha value is -1.62. The molecule has 1 atom stereocenters. The molecule has 1 unspecified atom stereocenters. The number of rotatable bonds is 5. The molecule has 17 heavy (non-hydrogen) atoms. The van der Waals surface area contributed by atoms with Gasteiger partial charge in [-0.2, -0.15) is 10.2 Å². The molecular weight excluding hydrogens is 214 g/mol. The van der Waals surface area contributed by atoms with Gasteiger partial charge in [-0.15, -0.1) is 0 Å². The van der Waals surface area contributed by atoms with Gasteiger partial charge in [0.1, 0.15) is 0 Å². The lowest BCUT2D eigenvalue weighted by molar-refractivity contribution is 0.645. The second-order valence-corrected chi connectivity index (χ2v) is 4.19. The van der Waals surface area contributed by atoms with Gasteiger partial charge in [-0.3, -0.25) is 9.36 Å². The van der Waals surface area contributed by atoms with E-state index in [1.807, 2.05) is 28.8 Å². The summed E-state index contributed by atoms with van der Waals surface area (Å²) in [7, 11) is 1.95. The molecule has 0 aromatic carbocycles. The van der Waals surface area contributed by atoms with Crippen molar-refractivity contribution in [2.75, 3.05) is 7.05 Å². The zero-order valence-corrected chi connectivity index (χ0v) is 10.6. The van der Waals surface area contributed by atoms with Gasteiger partial charge in [-0.25, -0.2) is 0 Å². The summed E-state index contributed by atoms with van der Waals surface area (Å²) in [6.07, 6.45) is 7.94. The molecule has 0 radical (unpaired) electrons. The van der Waals surface area contributed by atoms with E-state index in [2.05, 4.69) is 41.8 Å². The first-order valence-corrected chi connectivity index (χ1v) is 5.94. The van der Waals surface area contributed by atoms with Gasteiger partial charge in [0.2, 0.25) is 0 Å². The van der Waals surface area contributed by atoms with Gasteiger partial charge in [-0.1, -0.05) is 0 Å². The largest absolute Gasteiger partial charge is 0.313 e. The Bertz CT molecular complexity index is 471. The van der Waals surface area contributed by atoms with Gasteiger partial charge in [0.15, 0.2) is 0 Å². The molecule has 5 heteroatoms. The van der Waals surface area contributed by atoms with Crippen LogP contribution in [0.1, 0.15) is 31.0 Å². The van der Waals surface area contributed by atoms with Crippen LogP contribution in [0.2, 0.25) is 0 Å². The lowest BCUT2D eigenvalue weighted by Crippen LogP contribution is -2.11. The molecule has 0 saturated carbocycles. The van der Waals surface area contributed by atoms with Crippen LogP contribution >= 0.6 is 0 Å². The normalized spacial score (nSPS) is 12.9. The summed E-state index contributed by atoms with van der Waals surface area (Å²) in [4.78, 5) is 0. The molecule has 0 aliphatic carbocycles. The molecule has 0 aliphatic heterocycles. The maximum atomic E-state index is 4.36. The number of nitrogens with one attached hydrogen (secondary N) is 1. The first-order chi connectivity index (χ1) is 8.22. The first-order valence-electron chi connectivity index (χ1n) is 5.94. The number of hydrogen-bond acceptors (Lipinski definition) is 3. The Kier molecular flexibility index (Phi) is 3.58. The van der Waals surface area contributed by atoms with Crippen LogP contribution in [-0.2, 0) is 13.1 Å². The van der Waals surface area contributed by atoms with Crippen molar-refractivity contribution in [2.24, 2.45) is 0 Å². The van der Waals surface area contributed by atoms with Crippen molar-refractivity contribution in [1.29, 1.82) is 0 Å². The minimum absolute atomic E-state index is 0.335. The maximum absolute atomic E-state index is 4.36. The topological polar surface area (TPSA) is 47.7 Å². The minimum Gasteiger partial charge on any atom is -0.313 e. The molecular formula is C12H19N5. The van der Waals surface area contributed by atoms with E-state index in [0.29, 0.717) is 6.04 Å². The van der Waals surface area contributed by atoms with E-state index in [9.17, 15) is 0 Å². The quantitative estimate of drug-likeness (QED) is 0.850. The molecule has 2 rings (SSSR count). The fraction of sp³-hybridized carbons (Fsp3) is 0.500. The second kappa shape index (κ2) is 5.14. The molecule has 0 saturated heterocycles. The Labute approximate surface area is 101 Å². The van der Waals surface area contributed by atoms with E-state index in [1.54, 1.807) is 0 Å². The van der Waals surface area contributed by atoms with E-state index in [0.717, 1.165) is 13.1 Å². The maximum Gasteiger partial charge on any atom is 0.0690 e. The summed E-state index contributed by atoms with van der Waals surface area (Å²) in [5, 5.41) is 11.8. The highest BCUT2D eigenvalue weighted by Crippen LogP contribution is 2.11. The molecule has 0 amide bonds. The van der Waals surface area contributed by atoms with Crippen LogP contribution in [0, 0.1) is 0 Å². The Morgan fingerprint density at radius 3 is 2.65 bits per heavy atom. The predicted molar refractivity (Wildman–Crippen MR) is 66.7 cm³/mol. The first kappa shape index (κ1) is 11.9. The van der Waals surface area contributed by atoms with Gasteiger partial charge < -0.3 is 5.32 Å². The van der Waals surface area contributed by atoms with Gasteiger partial charge >= 0.3 is 0 Å². The number of aromatic nitrogens is 4. The van der Waals surface area contributed by atoms with Gasteiger partial charge in [-0.05, 0) is 20.9 Å². The monoisotopic (exact) mass is 233 g/mol. The average Bonchev–Trinajstić information content (AvgIpc) is 2.97. The smallest absolute Gasteiger partial charge is 0.0690 e. The zero-order valence-electron chi connectivity index (χ0n) is 10.6. The van der Waals surface area contributed by atoms with Gasteiger partial charge in [0.25, 0.3) is 0 Å². The van der Waals surface area contributed by atoms with Crippen molar-refractivity contribution in [3.63, 3.8) is 0 Å². The van der Waals surface area contributed by atoms with Crippen LogP contribution in [-0.4, -0.2) is 26.6 Å². The van der Waals surface area contributed by atoms with E-state index in [4.69, 9.17) is 0 Å². The summed E-state index contributed by atoms with van der Waals surface area (Å²) in [6, 6.07) is 0.335. The molecule has 0 fully saturated rings. The van der Waals surface area contributed by atoms with Crippen molar-refractivity contribution in [2.45, 2.75) is 33.0 Å². The van der Waals surface area contributed by atoms with Gasteiger partial charge in [0, 0.05) is 36.1 Å². The number of hydrogen-bond donors (Lipinski definition) is 1. The van der Waals surface area contributed by atoms with Crippen molar-refractivity contribution in [3.8, 4) is 0 Å². The van der Waals surface area contributed by atoms with Crippen LogP contribution < -0.4 is 5.32 Å². The minimum atomic E-state index is 0.335. The molecule has 92 valence electrons. The summed E-state index contributed by atoms with van der Waals surface area (Å²) < 4.78 is 3.87. The highest BCUT2D eigenvalue weighted by atomic mass is 15.3. The van der Waals surface area contributed by atoms with Gasteiger partial charge in [0.05, 0.1) is 18.9 Å².